The average Bonchev–Trinajstić information content (AvgIpc) is 3.12. The zero-order valence-corrected chi connectivity index (χ0v) is 19.8. The van der Waals surface area contributed by atoms with E-state index >= 15 is 0 Å². The first-order valence-corrected chi connectivity index (χ1v) is 11.7. The third kappa shape index (κ3) is 7.54. The van der Waals surface area contributed by atoms with Gasteiger partial charge in [0, 0.05) is 38.1 Å². The van der Waals surface area contributed by atoms with E-state index in [1.807, 2.05) is 6.20 Å². The second kappa shape index (κ2) is 11.1. The molecule has 3 heterocycles. The molecule has 0 atom stereocenters. The number of hydrogen-bond acceptors (Lipinski definition) is 6. The molecule has 2 N–H and O–H groups in total. The van der Waals surface area contributed by atoms with Gasteiger partial charge in [-0.05, 0) is 33.7 Å². The predicted octanol–water partition coefficient (Wildman–Crippen LogP) is 2.04. The van der Waals surface area contributed by atoms with Crippen molar-refractivity contribution in [3.63, 3.8) is 0 Å². The van der Waals surface area contributed by atoms with E-state index in [1.165, 1.54) is 5.69 Å². The minimum Gasteiger partial charge on any atom is -0.475 e. The molecule has 0 bridgehead atoms. The van der Waals surface area contributed by atoms with E-state index in [0.29, 0.717) is 13.1 Å². The Bertz CT molecular complexity index is 976. The van der Waals surface area contributed by atoms with Crippen LogP contribution in [0.15, 0.2) is 6.20 Å². The fraction of sp³-hybridized carbons (Fsp3) is 0.722. The number of carboxylic acids is 2. The van der Waals surface area contributed by atoms with Crippen LogP contribution in [0.1, 0.15) is 31.3 Å². The summed E-state index contributed by atoms with van der Waals surface area (Å²) in [4.78, 5) is 24.8. The molecule has 0 radical (unpaired) electrons. The minimum absolute atomic E-state index is 0.105. The van der Waals surface area contributed by atoms with Gasteiger partial charge in [0.1, 0.15) is 5.82 Å². The van der Waals surface area contributed by atoms with Crippen LogP contribution in [-0.2, 0) is 31.7 Å². The summed E-state index contributed by atoms with van der Waals surface area (Å²) >= 11 is 0. The molecule has 10 nitrogen and oxygen atoms in total. The number of carboxylic acid groups (broad SMARTS) is 2. The molecule has 0 amide bonds. The lowest BCUT2D eigenvalue weighted by Crippen LogP contribution is -2.57. The Morgan fingerprint density at radius 3 is 1.80 bits per heavy atom. The third-order valence-electron chi connectivity index (χ3n) is 5.65. The number of hydrogen-bond donors (Lipinski definition) is 2. The molecule has 1 fully saturated rings. The SMILES string of the molecule is CCS(=O)(=O)N1CCC2(CC1)c1ncc(C)n1CCN2C.O=C(O)C(F)(F)F.O=C(O)C(F)(F)F. The van der Waals surface area contributed by atoms with Gasteiger partial charge < -0.3 is 14.8 Å². The highest BCUT2D eigenvalue weighted by Crippen LogP contribution is 2.40. The maximum absolute atomic E-state index is 12.0. The number of likely N-dealkylation sites (N-methyl/N-ethyl adjacent to an activating group) is 1. The number of aryl methyl sites for hydroxylation is 1. The van der Waals surface area contributed by atoms with Gasteiger partial charge in [-0.25, -0.2) is 27.3 Å². The Balaban J connectivity index is 0.000000362. The molecule has 1 aromatic heterocycles. The van der Waals surface area contributed by atoms with Crippen molar-refractivity contribution in [1.29, 1.82) is 0 Å². The van der Waals surface area contributed by atoms with Crippen LogP contribution in [0.5, 0.6) is 0 Å². The van der Waals surface area contributed by atoms with Crippen molar-refractivity contribution in [1.82, 2.24) is 18.8 Å². The van der Waals surface area contributed by atoms with Crippen molar-refractivity contribution in [2.75, 3.05) is 32.4 Å². The molecular formula is C18H26F6N4O6S. The maximum atomic E-state index is 12.0. The van der Waals surface area contributed by atoms with Crippen LogP contribution in [0.3, 0.4) is 0 Å². The van der Waals surface area contributed by atoms with Crippen molar-refractivity contribution in [3.05, 3.63) is 17.7 Å². The number of alkyl halides is 6. The number of fused-ring (bicyclic) bond motifs is 2. The topological polar surface area (TPSA) is 133 Å². The van der Waals surface area contributed by atoms with Gasteiger partial charge >= 0.3 is 24.3 Å². The molecule has 1 aromatic rings. The van der Waals surface area contributed by atoms with Crippen LogP contribution >= 0.6 is 0 Å². The van der Waals surface area contributed by atoms with Gasteiger partial charge in [-0.1, -0.05) is 0 Å². The zero-order chi connectivity index (χ0) is 27.4. The fourth-order valence-corrected chi connectivity index (χ4v) is 4.78. The molecule has 0 aromatic carbocycles. The van der Waals surface area contributed by atoms with Crippen molar-refractivity contribution < 1.29 is 54.6 Å². The molecule has 0 saturated carbocycles. The van der Waals surface area contributed by atoms with Gasteiger partial charge in [-0.2, -0.15) is 26.3 Å². The van der Waals surface area contributed by atoms with Gasteiger partial charge in [-0.15, -0.1) is 0 Å². The number of imidazole rings is 1. The number of carbonyl (C=O) groups is 2. The molecule has 0 unspecified atom stereocenters. The smallest absolute Gasteiger partial charge is 0.475 e. The normalized spacial score (nSPS) is 18.5. The molecule has 0 aliphatic carbocycles. The highest BCUT2D eigenvalue weighted by molar-refractivity contribution is 7.89. The van der Waals surface area contributed by atoms with Gasteiger partial charge in [-0.3, -0.25) is 4.90 Å². The number of halogens is 6. The summed E-state index contributed by atoms with van der Waals surface area (Å²) in [5, 5.41) is 14.2. The molecule has 202 valence electrons. The van der Waals surface area contributed by atoms with Gasteiger partial charge in [0.15, 0.2) is 0 Å². The Morgan fingerprint density at radius 1 is 1.00 bits per heavy atom. The first-order chi connectivity index (χ1) is 15.8. The number of aromatic nitrogens is 2. The summed E-state index contributed by atoms with van der Waals surface area (Å²) in [7, 11) is -0.942. The summed E-state index contributed by atoms with van der Waals surface area (Å²) in [5.74, 6) is -4.22. The Morgan fingerprint density at radius 2 is 1.43 bits per heavy atom. The first-order valence-electron chi connectivity index (χ1n) is 10.1. The van der Waals surface area contributed by atoms with E-state index in [0.717, 1.165) is 31.8 Å². The summed E-state index contributed by atoms with van der Waals surface area (Å²) in [5.41, 5.74) is 1.09. The van der Waals surface area contributed by atoms with Crippen molar-refractivity contribution in [3.8, 4) is 0 Å². The molecule has 1 saturated heterocycles. The van der Waals surface area contributed by atoms with E-state index in [9.17, 15) is 34.8 Å². The Labute approximate surface area is 197 Å². The van der Waals surface area contributed by atoms with E-state index in [4.69, 9.17) is 19.8 Å². The van der Waals surface area contributed by atoms with Crippen LogP contribution in [0, 0.1) is 6.92 Å². The Hall–Kier alpha value is -2.40. The van der Waals surface area contributed by atoms with E-state index in [-0.39, 0.29) is 11.3 Å². The highest BCUT2D eigenvalue weighted by Gasteiger charge is 2.46. The average molecular weight is 540 g/mol. The lowest BCUT2D eigenvalue weighted by Gasteiger charge is -2.49. The van der Waals surface area contributed by atoms with Crippen LogP contribution in [0.25, 0.3) is 0 Å². The molecule has 35 heavy (non-hydrogen) atoms. The lowest BCUT2D eigenvalue weighted by atomic mass is 9.84. The summed E-state index contributed by atoms with van der Waals surface area (Å²) in [6.45, 7) is 6.94. The number of piperidine rings is 1. The van der Waals surface area contributed by atoms with E-state index < -0.39 is 34.3 Å². The summed E-state index contributed by atoms with van der Waals surface area (Å²) in [6, 6.07) is 0. The standard InChI is InChI=1S/C14H24N4O2S.2C2HF3O2/c1-4-21(19,20)17-7-5-14(6-8-17)13-15-11-12(2)18(13)10-9-16(14)3;2*3-2(4,5)1(6)7/h11H,4-10H2,1-3H3;2*(H,6,7). The van der Waals surface area contributed by atoms with Gasteiger partial charge in [0.25, 0.3) is 0 Å². The fourth-order valence-electron chi connectivity index (χ4n) is 3.67. The van der Waals surface area contributed by atoms with Crippen molar-refractivity contribution in [2.45, 2.75) is 51.1 Å². The quantitative estimate of drug-likeness (QED) is 0.545. The lowest BCUT2D eigenvalue weighted by molar-refractivity contribution is -0.193. The number of sulfonamides is 1. The second-order valence-electron chi connectivity index (χ2n) is 7.73. The van der Waals surface area contributed by atoms with E-state index in [1.54, 1.807) is 11.2 Å². The molecule has 3 rings (SSSR count). The van der Waals surface area contributed by atoms with E-state index in [2.05, 4.69) is 28.4 Å². The summed E-state index contributed by atoms with van der Waals surface area (Å²) < 4.78 is 91.5. The van der Waals surface area contributed by atoms with Crippen LogP contribution in [0.4, 0.5) is 26.3 Å². The number of nitrogens with zero attached hydrogens (tertiary/aromatic N) is 4. The molecule has 2 aliphatic heterocycles. The Kier molecular flexibility index (Phi) is 9.73. The van der Waals surface area contributed by atoms with Crippen molar-refractivity contribution >= 4 is 22.0 Å². The van der Waals surface area contributed by atoms with Gasteiger partial charge in [0.2, 0.25) is 10.0 Å². The minimum atomic E-state index is -5.08. The molecular weight excluding hydrogens is 514 g/mol. The largest absolute Gasteiger partial charge is 0.490 e. The maximum Gasteiger partial charge on any atom is 0.490 e. The number of aliphatic carboxylic acids is 2. The zero-order valence-electron chi connectivity index (χ0n) is 19.0. The van der Waals surface area contributed by atoms with Crippen molar-refractivity contribution in [2.24, 2.45) is 0 Å². The first kappa shape index (κ1) is 30.6. The third-order valence-corrected chi connectivity index (χ3v) is 7.54. The number of rotatable bonds is 2. The molecule has 1 spiro atoms. The predicted molar refractivity (Wildman–Crippen MR) is 109 cm³/mol. The second-order valence-corrected chi connectivity index (χ2v) is 9.99. The monoisotopic (exact) mass is 540 g/mol. The molecule has 17 heteroatoms. The summed E-state index contributed by atoms with van der Waals surface area (Å²) in [6.07, 6.45) is -6.59. The van der Waals surface area contributed by atoms with Crippen LogP contribution < -0.4 is 0 Å². The van der Waals surface area contributed by atoms with Gasteiger partial charge in [0.05, 0.1) is 11.3 Å². The van der Waals surface area contributed by atoms with Crippen LogP contribution in [0.2, 0.25) is 0 Å². The molecule has 2 aliphatic rings. The highest BCUT2D eigenvalue weighted by atomic mass is 32.2. The van der Waals surface area contributed by atoms with Crippen LogP contribution in [-0.4, -0.2) is 94.1 Å².